The SMILES string of the molecule is Cc1nc(N)c2c(n1)C[C@@H](c1ccco1)CC2=O. The molecule has 0 fully saturated rings. The van der Waals surface area contributed by atoms with Crippen LogP contribution in [0.3, 0.4) is 0 Å². The molecule has 3 rings (SSSR count). The van der Waals surface area contributed by atoms with Gasteiger partial charge in [0, 0.05) is 18.8 Å². The van der Waals surface area contributed by atoms with Crippen LogP contribution in [-0.4, -0.2) is 15.8 Å². The Balaban J connectivity index is 2.04. The van der Waals surface area contributed by atoms with E-state index in [-0.39, 0.29) is 11.7 Å². The molecule has 92 valence electrons. The number of rotatable bonds is 1. The van der Waals surface area contributed by atoms with Crippen LogP contribution in [0.25, 0.3) is 0 Å². The summed E-state index contributed by atoms with van der Waals surface area (Å²) in [5.41, 5.74) is 7.02. The van der Waals surface area contributed by atoms with E-state index in [2.05, 4.69) is 9.97 Å². The van der Waals surface area contributed by atoms with Crippen LogP contribution in [-0.2, 0) is 6.42 Å². The van der Waals surface area contributed by atoms with E-state index in [9.17, 15) is 4.79 Å². The molecule has 2 aromatic heterocycles. The largest absolute Gasteiger partial charge is 0.469 e. The lowest BCUT2D eigenvalue weighted by Crippen LogP contribution is -2.22. The van der Waals surface area contributed by atoms with Crippen LogP contribution in [0.1, 0.15) is 40.0 Å². The fourth-order valence-electron chi connectivity index (χ4n) is 2.46. The minimum Gasteiger partial charge on any atom is -0.469 e. The van der Waals surface area contributed by atoms with Crippen molar-refractivity contribution in [3.63, 3.8) is 0 Å². The molecule has 5 heteroatoms. The number of hydrogen-bond donors (Lipinski definition) is 1. The Morgan fingerprint density at radius 1 is 1.39 bits per heavy atom. The maximum Gasteiger partial charge on any atom is 0.169 e. The molecule has 18 heavy (non-hydrogen) atoms. The maximum absolute atomic E-state index is 12.1. The summed E-state index contributed by atoms with van der Waals surface area (Å²) in [6, 6.07) is 3.72. The number of fused-ring (bicyclic) bond motifs is 1. The summed E-state index contributed by atoms with van der Waals surface area (Å²) in [5.74, 6) is 1.76. The molecule has 0 aromatic carbocycles. The first-order chi connectivity index (χ1) is 8.65. The van der Waals surface area contributed by atoms with Gasteiger partial charge in [-0.3, -0.25) is 4.79 Å². The first-order valence-electron chi connectivity index (χ1n) is 5.84. The predicted octanol–water partition coefficient (Wildman–Crippen LogP) is 1.87. The number of nitrogens with two attached hydrogens (primary N) is 1. The number of nitrogen functional groups attached to an aromatic ring is 1. The van der Waals surface area contributed by atoms with Crippen LogP contribution >= 0.6 is 0 Å². The fourth-order valence-corrected chi connectivity index (χ4v) is 2.46. The number of carbonyl (C=O) groups excluding carboxylic acids is 1. The molecule has 5 nitrogen and oxygen atoms in total. The number of anilines is 1. The molecule has 0 spiro atoms. The molecule has 0 aliphatic heterocycles. The highest BCUT2D eigenvalue weighted by Gasteiger charge is 2.31. The molecule has 0 bridgehead atoms. The van der Waals surface area contributed by atoms with Crippen LogP contribution in [0.2, 0.25) is 0 Å². The number of nitrogens with zero attached hydrogens (tertiary/aromatic N) is 2. The summed E-state index contributed by atoms with van der Waals surface area (Å²) in [5, 5.41) is 0. The molecule has 0 radical (unpaired) electrons. The highest BCUT2D eigenvalue weighted by molar-refractivity contribution is 6.02. The number of carbonyl (C=O) groups is 1. The first-order valence-corrected chi connectivity index (χ1v) is 5.84. The Labute approximate surface area is 104 Å². The predicted molar refractivity (Wildman–Crippen MR) is 65.3 cm³/mol. The van der Waals surface area contributed by atoms with Crippen LogP contribution in [0.4, 0.5) is 5.82 Å². The van der Waals surface area contributed by atoms with Gasteiger partial charge in [0.25, 0.3) is 0 Å². The Kier molecular flexibility index (Phi) is 2.40. The van der Waals surface area contributed by atoms with Gasteiger partial charge in [-0.05, 0) is 19.1 Å². The number of aryl methyl sites for hydroxylation is 1. The number of aromatic nitrogens is 2. The summed E-state index contributed by atoms with van der Waals surface area (Å²) < 4.78 is 5.37. The van der Waals surface area contributed by atoms with Crippen molar-refractivity contribution in [2.24, 2.45) is 0 Å². The Hall–Kier alpha value is -2.17. The molecule has 2 aromatic rings. The lowest BCUT2D eigenvalue weighted by Gasteiger charge is -2.22. The number of furan rings is 1. The van der Waals surface area contributed by atoms with E-state index in [1.165, 1.54) is 0 Å². The molecule has 0 amide bonds. The van der Waals surface area contributed by atoms with Crippen molar-refractivity contribution in [3.8, 4) is 0 Å². The fraction of sp³-hybridized carbons (Fsp3) is 0.308. The van der Waals surface area contributed by atoms with Gasteiger partial charge in [0.2, 0.25) is 0 Å². The van der Waals surface area contributed by atoms with Crippen LogP contribution in [0, 0.1) is 6.92 Å². The second kappa shape index (κ2) is 3.94. The Morgan fingerprint density at radius 3 is 2.94 bits per heavy atom. The highest BCUT2D eigenvalue weighted by atomic mass is 16.3. The Morgan fingerprint density at radius 2 is 2.22 bits per heavy atom. The summed E-state index contributed by atoms with van der Waals surface area (Å²) in [7, 11) is 0. The summed E-state index contributed by atoms with van der Waals surface area (Å²) in [6.07, 6.45) is 2.69. The number of hydrogen-bond acceptors (Lipinski definition) is 5. The zero-order valence-electron chi connectivity index (χ0n) is 10.0. The maximum atomic E-state index is 12.1. The lowest BCUT2D eigenvalue weighted by molar-refractivity contribution is 0.0959. The van der Waals surface area contributed by atoms with Crippen LogP contribution in [0.15, 0.2) is 22.8 Å². The van der Waals surface area contributed by atoms with E-state index in [0.29, 0.717) is 30.0 Å². The second-order valence-electron chi connectivity index (χ2n) is 4.52. The van der Waals surface area contributed by atoms with Gasteiger partial charge in [-0.2, -0.15) is 0 Å². The van der Waals surface area contributed by atoms with Crippen molar-refractivity contribution >= 4 is 11.6 Å². The summed E-state index contributed by atoms with van der Waals surface area (Å²) in [6.45, 7) is 1.78. The van der Waals surface area contributed by atoms with E-state index >= 15 is 0 Å². The standard InChI is InChI=1S/C13H13N3O2/c1-7-15-9-5-8(11-3-2-4-18-11)6-10(17)12(9)13(14)16-7/h2-4,8H,5-6H2,1H3,(H2,14,15,16)/t8-/m1/s1. The van der Waals surface area contributed by atoms with Gasteiger partial charge in [0.1, 0.15) is 17.4 Å². The average molecular weight is 243 g/mol. The van der Waals surface area contributed by atoms with E-state index in [4.69, 9.17) is 10.2 Å². The number of Topliss-reactive ketones (excluding diaryl/α,β-unsaturated/α-hetero) is 1. The normalized spacial score (nSPS) is 18.7. The van der Waals surface area contributed by atoms with Gasteiger partial charge < -0.3 is 10.2 Å². The van der Waals surface area contributed by atoms with E-state index in [1.54, 1.807) is 13.2 Å². The third-order valence-electron chi connectivity index (χ3n) is 3.22. The zero-order chi connectivity index (χ0) is 12.7. The van der Waals surface area contributed by atoms with E-state index < -0.39 is 0 Å². The van der Waals surface area contributed by atoms with Crippen molar-refractivity contribution in [1.29, 1.82) is 0 Å². The molecule has 0 saturated carbocycles. The first kappa shape index (κ1) is 11.0. The van der Waals surface area contributed by atoms with Gasteiger partial charge in [0.15, 0.2) is 5.78 Å². The molecule has 0 saturated heterocycles. The minimum atomic E-state index is -0.00449. The van der Waals surface area contributed by atoms with Crippen LogP contribution < -0.4 is 5.73 Å². The molecule has 2 heterocycles. The summed E-state index contributed by atoms with van der Waals surface area (Å²) >= 11 is 0. The minimum absolute atomic E-state index is 0.00449. The quantitative estimate of drug-likeness (QED) is 0.826. The van der Waals surface area contributed by atoms with Crippen LogP contribution in [0.5, 0.6) is 0 Å². The third kappa shape index (κ3) is 1.68. The molecule has 1 atom stereocenters. The van der Waals surface area contributed by atoms with Gasteiger partial charge >= 0.3 is 0 Å². The molecule has 0 unspecified atom stereocenters. The molecular formula is C13H13N3O2. The molecule has 2 N–H and O–H groups in total. The molecule has 1 aliphatic carbocycles. The van der Waals surface area contributed by atoms with Crippen molar-refractivity contribution in [2.45, 2.75) is 25.7 Å². The average Bonchev–Trinajstić information content (AvgIpc) is 2.80. The second-order valence-corrected chi connectivity index (χ2v) is 4.52. The topological polar surface area (TPSA) is 82.0 Å². The lowest BCUT2D eigenvalue weighted by atomic mass is 9.84. The number of ketones is 1. The van der Waals surface area contributed by atoms with Gasteiger partial charge in [0.05, 0.1) is 17.5 Å². The molecule has 1 aliphatic rings. The smallest absolute Gasteiger partial charge is 0.169 e. The van der Waals surface area contributed by atoms with Crippen molar-refractivity contribution in [2.75, 3.05) is 5.73 Å². The van der Waals surface area contributed by atoms with Crippen molar-refractivity contribution in [3.05, 3.63) is 41.2 Å². The monoisotopic (exact) mass is 243 g/mol. The third-order valence-corrected chi connectivity index (χ3v) is 3.22. The van der Waals surface area contributed by atoms with Gasteiger partial charge in [-0.25, -0.2) is 9.97 Å². The van der Waals surface area contributed by atoms with E-state index in [1.807, 2.05) is 12.1 Å². The Bertz CT molecular complexity index is 605. The zero-order valence-corrected chi connectivity index (χ0v) is 10.0. The molecular weight excluding hydrogens is 230 g/mol. The van der Waals surface area contributed by atoms with Crippen molar-refractivity contribution in [1.82, 2.24) is 9.97 Å². The highest BCUT2D eigenvalue weighted by Crippen LogP contribution is 2.33. The van der Waals surface area contributed by atoms with E-state index in [0.717, 1.165) is 11.5 Å². The van der Waals surface area contributed by atoms with Gasteiger partial charge in [-0.15, -0.1) is 0 Å². The summed E-state index contributed by atoms with van der Waals surface area (Å²) in [4.78, 5) is 20.5. The van der Waals surface area contributed by atoms with Gasteiger partial charge in [-0.1, -0.05) is 0 Å². The van der Waals surface area contributed by atoms with Crippen molar-refractivity contribution < 1.29 is 9.21 Å².